The first-order valence-corrected chi connectivity index (χ1v) is 12.5. The van der Waals surface area contributed by atoms with E-state index in [1.54, 1.807) is 18.2 Å². The summed E-state index contributed by atoms with van der Waals surface area (Å²) in [6, 6.07) is 37.2. The standard InChI is InChI=1S/C28H21N2O3P/c29-21-28(27(31)20-22-12-10-11-19-26(22)30(32)33)34(23-13-4-1-5-14-23,24-15-6-2-7-16-24)25-17-8-3-9-18-25/h1-19H,20H2. The van der Waals surface area contributed by atoms with Crippen LogP contribution in [-0.4, -0.2) is 16.0 Å². The van der Waals surface area contributed by atoms with E-state index in [1.807, 2.05) is 91.0 Å². The maximum atomic E-state index is 13.8. The van der Waals surface area contributed by atoms with Gasteiger partial charge in [-0.25, -0.2) is 0 Å². The molecule has 0 saturated carbocycles. The van der Waals surface area contributed by atoms with E-state index in [2.05, 4.69) is 6.07 Å². The monoisotopic (exact) mass is 464 g/mol. The first kappa shape index (κ1) is 22.9. The Balaban J connectivity index is 2.08. The van der Waals surface area contributed by atoms with Crippen molar-refractivity contribution in [2.75, 3.05) is 0 Å². The Bertz CT molecular complexity index is 1320. The van der Waals surface area contributed by atoms with Crippen molar-refractivity contribution >= 4 is 39.6 Å². The summed E-state index contributed by atoms with van der Waals surface area (Å²) < 4.78 is 0. The first-order valence-electron chi connectivity index (χ1n) is 10.7. The minimum Gasteiger partial charge on any atom is -0.293 e. The third-order valence-electron chi connectivity index (χ3n) is 5.68. The van der Waals surface area contributed by atoms with Crippen LogP contribution in [0, 0.1) is 21.4 Å². The van der Waals surface area contributed by atoms with Crippen LogP contribution in [0.1, 0.15) is 5.56 Å². The van der Waals surface area contributed by atoms with Crippen LogP contribution < -0.4 is 15.9 Å². The van der Waals surface area contributed by atoms with Crippen molar-refractivity contribution < 1.29 is 9.72 Å². The topological polar surface area (TPSA) is 84.0 Å². The van der Waals surface area contributed by atoms with E-state index in [0.29, 0.717) is 0 Å². The number of nitriles is 1. The molecule has 0 fully saturated rings. The van der Waals surface area contributed by atoms with Crippen LogP contribution in [0.5, 0.6) is 0 Å². The maximum Gasteiger partial charge on any atom is 0.273 e. The van der Waals surface area contributed by atoms with Crippen LogP contribution in [0.4, 0.5) is 5.69 Å². The van der Waals surface area contributed by atoms with Gasteiger partial charge in [0.2, 0.25) is 0 Å². The van der Waals surface area contributed by atoms with E-state index >= 15 is 0 Å². The molecule has 0 aliphatic rings. The van der Waals surface area contributed by atoms with E-state index in [1.165, 1.54) is 6.07 Å². The summed E-state index contributed by atoms with van der Waals surface area (Å²) >= 11 is 0. The number of para-hydroxylation sites is 1. The molecule has 34 heavy (non-hydrogen) atoms. The zero-order valence-electron chi connectivity index (χ0n) is 18.2. The van der Waals surface area contributed by atoms with Crippen LogP contribution in [0.2, 0.25) is 0 Å². The number of rotatable bonds is 7. The van der Waals surface area contributed by atoms with E-state index in [0.717, 1.165) is 15.9 Å². The van der Waals surface area contributed by atoms with Crippen molar-refractivity contribution in [3.8, 4) is 6.07 Å². The minimum absolute atomic E-state index is 0.120. The smallest absolute Gasteiger partial charge is 0.273 e. The minimum atomic E-state index is -2.86. The number of hydrogen-bond acceptors (Lipinski definition) is 4. The van der Waals surface area contributed by atoms with Gasteiger partial charge >= 0.3 is 0 Å². The molecule has 4 aromatic rings. The highest BCUT2D eigenvalue weighted by atomic mass is 31.2. The second-order valence-electron chi connectivity index (χ2n) is 7.62. The third-order valence-corrected chi connectivity index (χ3v) is 9.91. The van der Waals surface area contributed by atoms with Gasteiger partial charge in [0.25, 0.3) is 5.69 Å². The lowest BCUT2D eigenvalue weighted by atomic mass is 10.1. The van der Waals surface area contributed by atoms with Gasteiger partial charge in [0.15, 0.2) is 5.78 Å². The van der Waals surface area contributed by atoms with Gasteiger partial charge in [-0.2, -0.15) is 5.26 Å². The molecular weight excluding hydrogens is 443 g/mol. The van der Waals surface area contributed by atoms with Gasteiger partial charge in [0.05, 0.1) is 4.92 Å². The molecule has 166 valence electrons. The zero-order chi connectivity index (χ0) is 24.0. The molecule has 4 rings (SSSR count). The van der Waals surface area contributed by atoms with Crippen molar-refractivity contribution in [2.45, 2.75) is 6.42 Å². The SMILES string of the molecule is N#CC(C(=O)Cc1ccccc1[N+](=O)[O-])=P(c1ccccc1)(c1ccccc1)c1ccccc1. The first-order chi connectivity index (χ1) is 16.6. The number of carbonyl (C=O) groups is 1. The van der Waals surface area contributed by atoms with Crippen LogP contribution in [-0.2, 0) is 11.2 Å². The van der Waals surface area contributed by atoms with Crippen LogP contribution in [0.3, 0.4) is 0 Å². The second-order valence-corrected chi connectivity index (χ2v) is 11.0. The predicted octanol–water partition coefficient (Wildman–Crippen LogP) is 4.40. The molecule has 0 unspecified atom stereocenters. The summed E-state index contributed by atoms with van der Waals surface area (Å²) in [5, 5.41) is 24.7. The van der Waals surface area contributed by atoms with Crippen molar-refractivity contribution in [1.82, 2.24) is 0 Å². The Morgan fingerprint density at radius 3 is 1.56 bits per heavy atom. The molecule has 6 heteroatoms. The van der Waals surface area contributed by atoms with Crippen LogP contribution >= 0.6 is 6.89 Å². The van der Waals surface area contributed by atoms with E-state index in [4.69, 9.17) is 0 Å². The summed E-state index contributed by atoms with van der Waals surface area (Å²) in [6.45, 7) is -2.86. The van der Waals surface area contributed by atoms with Gasteiger partial charge in [0, 0.05) is 18.1 Å². The summed E-state index contributed by atoms with van der Waals surface area (Å²) in [7, 11) is 0. The fourth-order valence-corrected chi connectivity index (χ4v) is 8.34. The predicted molar refractivity (Wildman–Crippen MR) is 138 cm³/mol. The van der Waals surface area contributed by atoms with Crippen molar-refractivity contribution in [1.29, 1.82) is 5.26 Å². The number of nitro benzene ring substituents is 1. The van der Waals surface area contributed by atoms with Gasteiger partial charge in [-0.1, -0.05) is 109 Å². The van der Waals surface area contributed by atoms with Gasteiger partial charge < -0.3 is 0 Å². The lowest BCUT2D eigenvalue weighted by Gasteiger charge is -2.30. The van der Waals surface area contributed by atoms with Crippen molar-refractivity contribution in [3.05, 3.63) is 131 Å². The third kappa shape index (κ3) is 4.20. The summed E-state index contributed by atoms with van der Waals surface area (Å²) in [4.78, 5) is 24.9. The van der Waals surface area contributed by atoms with E-state index in [9.17, 15) is 20.2 Å². The number of ketones is 1. The molecule has 5 nitrogen and oxygen atoms in total. The number of hydrogen-bond donors (Lipinski definition) is 0. The molecule has 0 saturated heterocycles. The molecule has 0 atom stereocenters. The molecule has 0 aliphatic carbocycles. The molecule has 0 bridgehead atoms. The molecule has 0 heterocycles. The summed E-state index contributed by atoms with van der Waals surface area (Å²) in [5.41, 5.74) is 0.161. The number of carbonyl (C=O) groups excluding carboxylic acids is 1. The highest BCUT2D eigenvalue weighted by molar-refractivity contribution is 7.96. The van der Waals surface area contributed by atoms with Gasteiger partial charge in [-0.05, 0) is 22.8 Å². The Morgan fingerprint density at radius 1 is 0.735 bits per heavy atom. The van der Waals surface area contributed by atoms with Gasteiger partial charge in [-0.15, -0.1) is 0 Å². The Morgan fingerprint density at radius 2 is 1.15 bits per heavy atom. The molecule has 0 radical (unpaired) electrons. The van der Waals surface area contributed by atoms with Crippen molar-refractivity contribution in [2.24, 2.45) is 0 Å². The number of benzene rings is 4. The Hall–Kier alpha value is -4.26. The van der Waals surface area contributed by atoms with Gasteiger partial charge in [-0.3, -0.25) is 14.9 Å². The van der Waals surface area contributed by atoms with Crippen LogP contribution in [0.15, 0.2) is 115 Å². The fourth-order valence-electron chi connectivity index (χ4n) is 4.21. The lowest BCUT2D eigenvalue weighted by Crippen LogP contribution is -2.33. The largest absolute Gasteiger partial charge is 0.293 e. The Kier molecular flexibility index (Phi) is 6.82. The number of nitrogens with zero attached hydrogens (tertiary/aromatic N) is 2. The van der Waals surface area contributed by atoms with Gasteiger partial charge in [0.1, 0.15) is 11.4 Å². The summed E-state index contributed by atoms with van der Waals surface area (Å²) in [6.07, 6.45) is -0.228. The van der Waals surface area contributed by atoms with E-state index in [-0.39, 0.29) is 23.0 Å². The number of nitro groups is 1. The molecule has 0 spiro atoms. The average Bonchev–Trinajstić information content (AvgIpc) is 2.89. The van der Waals surface area contributed by atoms with Crippen molar-refractivity contribution in [3.63, 3.8) is 0 Å². The quantitative estimate of drug-likeness (QED) is 0.231. The molecule has 4 aromatic carbocycles. The maximum absolute atomic E-state index is 13.8. The Labute approximate surface area is 198 Å². The lowest BCUT2D eigenvalue weighted by molar-refractivity contribution is -0.385. The molecule has 0 aromatic heterocycles. The number of Topliss-reactive ketones (excluding diaryl/α,β-unsaturated/α-hetero) is 1. The molecular formula is C28H21N2O3P. The zero-order valence-corrected chi connectivity index (χ0v) is 19.1. The highest BCUT2D eigenvalue weighted by Crippen LogP contribution is 2.46. The molecule has 0 N–H and O–H groups in total. The van der Waals surface area contributed by atoms with Crippen LogP contribution in [0.25, 0.3) is 0 Å². The van der Waals surface area contributed by atoms with E-state index < -0.39 is 17.6 Å². The second kappa shape index (κ2) is 10.1. The molecule has 0 aliphatic heterocycles. The average molecular weight is 464 g/mol. The highest BCUT2D eigenvalue weighted by Gasteiger charge is 2.33. The molecule has 0 amide bonds. The fraction of sp³-hybridized carbons (Fsp3) is 0.0357. The summed E-state index contributed by atoms with van der Waals surface area (Å²) in [5.74, 6) is -0.415. The normalized spacial score (nSPS) is 10.8.